The Hall–Kier alpha value is -0.970. The molecule has 0 rings (SSSR count). The fourth-order valence-corrected chi connectivity index (χ4v) is 2.20. The molecular formula is C22H44O13. The first-order valence-electron chi connectivity index (χ1n) is 11.9. The smallest absolute Gasteiger partial charge is 0.329 e. The van der Waals surface area contributed by atoms with Crippen molar-refractivity contribution >= 4 is 5.97 Å². The first-order valence-corrected chi connectivity index (χ1v) is 11.9. The average molecular weight is 517 g/mol. The number of carbonyl (C=O) groups is 1. The van der Waals surface area contributed by atoms with Crippen LogP contribution in [0.2, 0.25) is 0 Å². The number of aliphatic hydroxyl groups excluding tert-OH is 1. The molecule has 0 atom stereocenters. The molecular weight excluding hydrogens is 472 g/mol. The SMILES string of the molecule is O=C(O)COCCOCCOCCOCCOCCOCCOCCOCCOCCOCCO. The van der Waals surface area contributed by atoms with E-state index in [4.69, 9.17) is 57.6 Å². The summed E-state index contributed by atoms with van der Waals surface area (Å²) in [5, 5.41) is 16.9. The van der Waals surface area contributed by atoms with Crippen LogP contribution in [0.3, 0.4) is 0 Å². The van der Waals surface area contributed by atoms with Gasteiger partial charge in [-0.1, -0.05) is 0 Å². The Morgan fingerprint density at radius 1 is 0.371 bits per heavy atom. The van der Waals surface area contributed by atoms with E-state index in [-0.39, 0.29) is 19.8 Å². The zero-order valence-corrected chi connectivity index (χ0v) is 20.7. The lowest BCUT2D eigenvalue weighted by molar-refractivity contribution is -0.142. The number of hydrogen-bond donors (Lipinski definition) is 2. The molecule has 13 heteroatoms. The minimum Gasteiger partial charge on any atom is -0.480 e. The van der Waals surface area contributed by atoms with Gasteiger partial charge in [0.05, 0.1) is 132 Å². The van der Waals surface area contributed by atoms with Crippen LogP contribution in [0.5, 0.6) is 0 Å². The van der Waals surface area contributed by atoms with Crippen molar-refractivity contribution in [3.8, 4) is 0 Å². The van der Waals surface area contributed by atoms with Crippen molar-refractivity contribution in [3.05, 3.63) is 0 Å². The van der Waals surface area contributed by atoms with E-state index in [0.717, 1.165) is 0 Å². The molecule has 0 aromatic carbocycles. The Morgan fingerprint density at radius 3 is 0.771 bits per heavy atom. The van der Waals surface area contributed by atoms with Crippen LogP contribution in [-0.4, -0.2) is 155 Å². The van der Waals surface area contributed by atoms with Crippen molar-refractivity contribution in [2.45, 2.75) is 0 Å². The van der Waals surface area contributed by atoms with Gasteiger partial charge in [-0.05, 0) is 0 Å². The fraction of sp³-hybridized carbons (Fsp3) is 0.955. The average Bonchev–Trinajstić information content (AvgIpc) is 2.85. The van der Waals surface area contributed by atoms with E-state index in [9.17, 15) is 4.79 Å². The van der Waals surface area contributed by atoms with Crippen molar-refractivity contribution in [1.82, 2.24) is 0 Å². The second kappa shape index (κ2) is 31.1. The van der Waals surface area contributed by atoms with E-state index in [1.165, 1.54) is 0 Å². The van der Waals surface area contributed by atoms with Crippen molar-refractivity contribution in [1.29, 1.82) is 0 Å². The van der Waals surface area contributed by atoms with Crippen molar-refractivity contribution in [2.75, 3.05) is 139 Å². The summed E-state index contributed by atoms with van der Waals surface area (Å²) >= 11 is 0. The Morgan fingerprint density at radius 2 is 0.571 bits per heavy atom. The summed E-state index contributed by atoms with van der Waals surface area (Å²) in [6.45, 7) is 8.26. The van der Waals surface area contributed by atoms with Crippen LogP contribution in [0.25, 0.3) is 0 Å². The maximum atomic E-state index is 10.2. The van der Waals surface area contributed by atoms with Gasteiger partial charge in [0.15, 0.2) is 0 Å². The molecule has 0 saturated heterocycles. The van der Waals surface area contributed by atoms with Crippen LogP contribution >= 0.6 is 0 Å². The molecule has 0 fully saturated rings. The second-order valence-corrected chi connectivity index (χ2v) is 6.68. The minimum atomic E-state index is -0.996. The fourth-order valence-electron chi connectivity index (χ4n) is 2.20. The molecule has 0 amide bonds. The summed E-state index contributed by atoms with van der Waals surface area (Å²) in [6, 6.07) is 0. The molecule has 0 saturated carbocycles. The van der Waals surface area contributed by atoms with E-state index in [0.29, 0.717) is 119 Å². The zero-order valence-electron chi connectivity index (χ0n) is 20.7. The van der Waals surface area contributed by atoms with Gasteiger partial charge in [0.2, 0.25) is 0 Å². The first kappa shape index (κ1) is 34.0. The molecule has 0 aliphatic carbocycles. The summed E-state index contributed by atoms with van der Waals surface area (Å²) in [5.74, 6) is -0.996. The zero-order chi connectivity index (χ0) is 25.5. The van der Waals surface area contributed by atoms with E-state index in [2.05, 4.69) is 0 Å². The first-order chi connectivity index (χ1) is 17.3. The van der Waals surface area contributed by atoms with Gasteiger partial charge < -0.3 is 57.6 Å². The standard InChI is InChI=1S/C22H44O13/c23-1-2-26-3-4-27-5-6-28-7-8-29-9-10-30-11-12-31-13-14-32-15-16-33-17-18-34-19-20-35-21-22(24)25/h23H,1-21H2,(H,24,25). The lowest BCUT2D eigenvalue weighted by atomic mass is 10.6. The van der Waals surface area contributed by atoms with Crippen LogP contribution in [0, 0.1) is 0 Å². The number of aliphatic hydroxyl groups is 1. The molecule has 0 unspecified atom stereocenters. The van der Waals surface area contributed by atoms with Crippen LogP contribution in [0.1, 0.15) is 0 Å². The molecule has 13 nitrogen and oxygen atoms in total. The van der Waals surface area contributed by atoms with E-state index in [1.807, 2.05) is 0 Å². The largest absolute Gasteiger partial charge is 0.480 e. The van der Waals surface area contributed by atoms with Crippen molar-refractivity contribution in [2.24, 2.45) is 0 Å². The third-order valence-corrected chi connectivity index (χ3v) is 3.81. The molecule has 0 aromatic rings. The van der Waals surface area contributed by atoms with Gasteiger partial charge in [-0.2, -0.15) is 0 Å². The number of carboxylic acid groups (broad SMARTS) is 1. The number of aliphatic carboxylic acids is 1. The molecule has 0 heterocycles. The normalized spacial score (nSPS) is 11.3. The minimum absolute atomic E-state index is 0.0213. The van der Waals surface area contributed by atoms with Crippen LogP contribution in [0.15, 0.2) is 0 Å². The number of carboxylic acids is 1. The molecule has 35 heavy (non-hydrogen) atoms. The van der Waals surface area contributed by atoms with E-state index in [1.54, 1.807) is 0 Å². The molecule has 0 radical (unpaired) electrons. The van der Waals surface area contributed by atoms with Gasteiger partial charge in [0, 0.05) is 0 Å². The van der Waals surface area contributed by atoms with E-state index < -0.39 is 5.97 Å². The number of rotatable bonds is 31. The Balaban J connectivity index is 3.01. The molecule has 0 spiro atoms. The summed E-state index contributed by atoms with van der Waals surface area (Å²) in [6.07, 6.45) is 0. The third kappa shape index (κ3) is 33.0. The van der Waals surface area contributed by atoms with Gasteiger partial charge in [0.25, 0.3) is 0 Å². The monoisotopic (exact) mass is 516 g/mol. The Bertz CT molecular complexity index is 415. The molecule has 0 aliphatic heterocycles. The highest BCUT2D eigenvalue weighted by Crippen LogP contribution is 1.86. The second-order valence-electron chi connectivity index (χ2n) is 6.68. The highest BCUT2D eigenvalue weighted by molar-refractivity contribution is 5.67. The highest BCUT2D eigenvalue weighted by Gasteiger charge is 1.97. The summed E-state index contributed by atoms with van der Waals surface area (Å²) in [4.78, 5) is 10.2. The van der Waals surface area contributed by atoms with Gasteiger partial charge in [-0.3, -0.25) is 0 Å². The van der Waals surface area contributed by atoms with Gasteiger partial charge in [-0.25, -0.2) is 4.79 Å². The number of ether oxygens (including phenoxy) is 10. The van der Waals surface area contributed by atoms with Crippen LogP contribution < -0.4 is 0 Å². The lowest BCUT2D eigenvalue weighted by Gasteiger charge is -2.09. The third-order valence-electron chi connectivity index (χ3n) is 3.81. The predicted octanol–water partition coefficient (Wildman–Crippen LogP) is -0.771. The summed E-state index contributed by atoms with van der Waals surface area (Å²) in [5.41, 5.74) is 0. The molecule has 0 aromatic heterocycles. The van der Waals surface area contributed by atoms with Crippen LogP contribution in [-0.2, 0) is 52.2 Å². The highest BCUT2D eigenvalue weighted by atomic mass is 16.6. The molecule has 0 aliphatic rings. The predicted molar refractivity (Wildman–Crippen MR) is 123 cm³/mol. The van der Waals surface area contributed by atoms with E-state index >= 15 is 0 Å². The number of hydrogen-bond acceptors (Lipinski definition) is 12. The van der Waals surface area contributed by atoms with Gasteiger partial charge in [0.1, 0.15) is 6.61 Å². The van der Waals surface area contributed by atoms with Gasteiger partial charge in [-0.15, -0.1) is 0 Å². The maximum Gasteiger partial charge on any atom is 0.329 e. The topological polar surface area (TPSA) is 150 Å². The molecule has 210 valence electrons. The summed E-state index contributed by atoms with van der Waals surface area (Å²) < 4.78 is 52.7. The lowest BCUT2D eigenvalue weighted by Crippen LogP contribution is -2.15. The molecule has 2 N–H and O–H groups in total. The van der Waals surface area contributed by atoms with Crippen molar-refractivity contribution in [3.63, 3.8) is 0 Å². The Kier molecular flexibility index (Phi) is 30.2. The van der Waals surface area contributed by atoms with Crippen molar-refractivity contribution < 1.29 is 62.4 Å². The maximum absolute atomic E-state index is 10.2. The van der Waals surface area contributed by atoms with Crippen LogP contribution in [0.4, 0.5) is 0 Å². The quantitative estimate of drug-likeness (QED) is 0.111. The molecule has 0 bridgehead atoms. The summed E-state index contributed by atoms with van der Waals surface area (Å²) in [7, 11) is 0. The van der Waals surface area contributed by atoms with Gasteiger partial charge >= 0.3 is 5.97 Å². The Labute approximate surface area is 207 Å².